The number of carbonyl (C=O) groups is 2. The van der Waals surface area contributed by atoms with Crippen LogP contribution in [0.4, 0.5) is 5.69 Å². The van der Waals surface area contributed by atoms with E-state index in [1.165, 1.54) is 0 Å². The Labute approximate surface area is 158 Å². The smallest absolute Gasteiger partial charge is 0.304 e. The third-order valence-corrected chi connectivity index (χ3v) is 5.13. The van der Waals surface area contributed by atoms with Gasteiger partial charge in [0.2, 0.25) is 0 Å². The van der Waals surface area contributed by atoms with Crippen molar-refractivity contribution in [2.75, 3.05) is 24.3 Å². The molecule has 1 aromatic carbocycles. The number of ether oxygens (including phenoxy) is 2. The van der Waals surface area contributed by atoms with Gasteiger partial charge in [-0.2, -0.15) is 11.8 Å². The Bertz CT molecular complexity index is 589. The average Bonchev–Trinajstić information content (AvgIpc) is 2.64. The Morgan fingerprint density at radius 2 is 2.27 bits per heavy atom. The molecule has 0 saturated carbocycles. The van der Waals surface area contributed by atoms with Gasteiger partial charge in [0.25, 0.3) is 5.91 Å². The molecule has 1 heterocycles. The summed E-state index contributed by atoms with van der Waals surface area (Å²) < 4.78 is 11.3. The maximum Gasteiger partial charge on any atom is 0.304 e. The Hall–Kier alpha value is -1.57. The van der Waals surface area contributed by atoms with E-state index < -0.39 is 12.1 Å². The largest absolute Gasteiger partial charge is 0.481 e. The molecule has 26 heavy (non-hydrogen) atoms. The zero-order valence-electron chi connectivity index (χ0n) is 15.1. The normalized spacial score (nSPS) is 18.3. The molecule has 1 aliphatic rings. The molecule has 1 saturated heterocycles. The van der Waals surface area contributed by atoms with Crippen molar-refractivity contribution >= 4 is 29.3 Å². The first-order valence-corrected chi connectivity index (χ1v) is 10.1. The third kappa shape index (κ3) is 7.76. The first-order valence-electron chi connectivity index (χ1n) is 8.97. The van der Waals surface area contributed by atoms with E-state index in [0.29, 0.717) is 18.1 Å². The highest BCUT2D eigenvalue weighted by atomic mass is 32.2. The monoisotopic (exact) mass is 381 g/mol. The van der Waals surface area contributed by atoms with E-state index in [1.54, 1.807) is 18.7 Å². The fourth-order valence-electron chi connectivity index (χ4n) is 2.60. The number of carboxylic acid groups (broad SMARTS) is 1. The Kier molecular flexibility index (Phi) is 8.94. The number of hydrogen-bond acceptors (Lipinski definition) is 5. The molecule has 1 aromatic rings. The molecule has 0 radical (unpaired) electrons. The fourth-order valence-corrected chi connectivity index (χ4v) is 3.48. The summed E-state index contributed by atoms with van der Waals surface area (Å²) in [6.45, 7) is 2.95. The van der Waals surface area contributed by atoms with Crippen LogP contribution in [0.1, 0.15) is 38.2 Å². The summed E-state index contributed by atoms with van der Waals surface area (Å²) in [5.74, 6) is 0.310. The Morgan fingerprint density at radius 1 is 1.42 bits per heavy atom. The number of carbonyl (C=O) groups excluding carboxylic acids is 1. The molecule has 7 heteroatoms. The van der Waals surface area contributed by atoms with E-state index in [-0.39, 0.29) is 18.4 Å². The highest BCUT2D eigenvalue weighted by Crippen LogP contribution is 2.18. The second kappa shape index (κ2) is 11.2. The van der Waals surface area contributed by atoms with E-state index in [0.717, 1.165) is 37.1 Å². The van der Waals surface area contributed by atoms with E-state index in [2.05, 4.69) is 5.32 Å². The zero-order valence-corrected chi connectivity index (χ0v) is 15.9. The van der Waals surface area contributed by atoms with Crippen molar-refractivity contribution in [2.24, 2.45) is 0 Å². The van der Waals surface area contributed by atoms with Crippen LogP contribution in [0.25, 0.3) is 0 Å². The maximum absolute atomic E-state index is 12.3. The molecular weight excluding hydrogens is 354 g/mol. The van der Waals surface area contributed by atoms with Crippen LogP contribution in [0.3, 0.4) is 0 Å². The number of rotatable bonds is 10. The lowest BCUT2D eigenvalue weighted by molar-refractivity contribution is -0.136. The molecule has 1 amide bonds. The van der Waals surface area contributed by atoms with Crippen LogP contribution in [0.2, 0.25) is 0 Å². The van der Waals surface area contributed by atoms with Crippen LogP contribution in [-0.4, -0.2) is 48.2 Å². The van der Waals surface area contributed by atoms with Crippen molar-refractivity contribution in [3.05, 3.63) is 29.8 Å². The minimum absolute atomic E-state index is 0.0881. The Morgan fingerprint density at radius 3 is 3.00 bits per heavy atom. The van der Waals surface area contributed by atoms with Crippen LogP contribution in [0.15, 0.2) is 24.3 Å². The number of anilines is 1. The molecule has 0 bridgehead atoms. The topological polar surface area (TPSA) is 84.9 Å². The second-order valence-corrected chi connectivity index (χ2v) is 7.46. The van der Waals surface area contributed by atoms with Crippen molar-refractivity contribution < 1.29 is 24.2 Å². The number of nitrogens with one attached hydrogen (secondary N) is 1. The van der Waals surface area contributed by atoms with Crippen LogP contribution >= 0.6 is 11.8 Å². The predicted octanol–water partition coefficient (Wildman–Crippen LogP) is 3.31. The van der Waals surface area contributed by atoms with Crippen molar-refractivity contribution in [3.8, 4) is 0 Å². The predicted molar refractivity (Wildman–Crippen MR) is 102 cm³/mol. The molecule has 0 spiro atoms. The van der Waals surface area contributed by atoms with E-state index >= 15 is 0 Å². The number of amides is 1. The molecule has 6 nitrogen and oxygen atoms in total. The summed E-state index contributed by atoms with van der Waals surface area (Å²) in [7, 11) is 0. The first-order chi connectivity index (χ1) is 12.5. The summed E-state index contributed by atoms with van der Waals surface area (Å²) >= 11 is 1.56. The third-order valence-electron chi connectivity index (χ3n) is 4.10. The lowest BCUT2D eigenvalue weighted by Gasteiger charge is -2.23. The lowest BCUT2D eigenvalue weighted by atomic mass is 10.1. The number of thioether (sulfide) groups is 1. The van der Waals surface area contributed by atoms with Gasteiger partial charge in [0, 0.05) is 23.8 Å². The summed E-state index contributed by atoms with van der Waals surface area (Å²) in [6.07, 6.45) is 2.92. The van der Waals surface area contributed by atoms with Gasteiger partial charge in [0.1, 0.15) is 6.10 Å². The Balaban J connectivity index is 1.74. The molecular formula is C19H27NO5S. The quantitative estimate of drug-likeness (QED) is 0.605. The molecule has 144 valence electrons. The zero-order chi connectivity index (χ0) is 18.8. The van der Waals surface area contributed by atoms with E-state index in [9.17, 15) is 9.59 Å². The van der Waals surface area contributed by atoms with Crippen LogP contribution in [0, 0.1) is 0 Å². The number of benzene rings is 1. The minimum atomic E-state index is -0.786. The maximum atomic E-state index is 12.3. The van der Waals surface area contributed by atoms with Gasteiger partial charge < -0.3 is 19.9 Å². The van der Waals surface area contributed by atoms with Gasteiger partial charge in [-0.3, -0.25) is 9.59 Å². The second-order valence-electron chi connectivity index (χ2n) is 6.35. The van der Waals surface area contributed by atoms with Gasteiger partial charge in [-0.1, -0.05) is 12.1 Å². The highest BCUT2D eigenvalue weighted by Gasteiger charge is 2.19. The van der Waals surface area contributed by atoms with Gasteiger partial charge in [0.05, 0.1) is 19.1 Å². The van der Waals surface area contributed by atoms with Crippen molar-refractivity contribution in [1.29, 1.82) is 0 Å². The SMILES string of the molecule is CC(OCC1CCCCO1)C(=O)Nc1cccc(CSCCC(=O)O)c1. The summed E-state index contributed by atoms with van der Waals surface area (Å²) in [4.78, 5) is 22.8. The lowest BCUT2D eigenvalue weighted by Crippen LogP contribution is -2.32. The van der Waals surface area contributed by atoms with Gasteiger partial charge in [-0.25, -0.2) is 0 Å². The van der Waals surface area contributed by atoms with Gasteiger partial charge in [-0.05, 0) is 43.9 Å². The molecule has 2 unspecified atom stereocenters. The minimum Gasteiger partial charge on any atom is -0.481 e. The fraction of sp³-hybridized carbons (Fsp3) is 0.579. The summed E-state index contributed by atoms with van der Waals surface area (Å²) in [5.41, 5.74) is 1.76. The first kappa shape index (κ1) is 20.7. The average molecular weight is 381 g/mol. The molecule has 2 rings (SSSR count). The van der Waals surface area contributed by atoms with Crippen molar-refractivity contribution in [3.63, 3.8) is 0 Å². The van der Waals surface area contributed by atoms with E-state index in [4.69, 9.17) is 14.6 Å². The molecule has 2 N–H and O–H groups in total. The molecule has 1 aliphatic heterocycles. The van der Waals surface area contributed by atoms with Gasteiger partial charge in [-0.15, -0.1) is 0 Å². The molecule has 0 aliphatic carbocycles. The summed E-state index contributed by atoms with van der Waals surface area (Å²) in [6, 6.07) is 7.58. The van der Waals surface area contributed by atoms with E-state index in [1.807, 2.05) is 24.3 Å². The van der Waals surface area contributed by atoms with Gasteiger partial charge >= 0.3 is 5.97 Å². The molecule has 2 atom stereocenters. The summed E-state index contributed by atoms with van der Waals surface area (Å²) in [5, 5.41) is 11.5. The molecule has 0 aromatic heterocycles. The number of aliphatic carboxylic acids is 1. The number of carboxylic acids is 1. The van der Waals surface area contributed by atoms with Crippen molar-refractivity contribution in [2.45, 2.75) is 50.6 Å². The van der Waals surface area contributed by atoms with Crippen LogP contribution in [0.5, 0.6) is 0 Å². The molecule has 1 fully saturated rings. The standard InChI is InChI=1S/C19H27NO5S/c1-14(25-12-17-7-2-3-9-24-17)19(23)20-16-6-4-5-15(11-16)13-26-10-8-18(21)22/h4-6,11,14,17H,2-3,7-10,12-13H2,1H3,(H,20,23)(H,21,22). The van der Waals surface area contributed by atoms with Crippen LogP contribution < -0.4 is 5.32 Å². The highest BCUT2D eigenvalue weighted by molar-refractivity contribution is 7.98. The number of hydrogen-bond donors (Lipinski definition) is 2. The van der Waals surface area contributed by atoms with Crippen LogP contribution in [-0.2, 0) is 24.8 Å². The van der Waals surface area contributed by atoms with Gasteiger partial charge in [0.15, 0.2) is 0 Å². The van der Waals surface area contributed by atoms with Crippen molar-refractivity contribution in [1.82, 2.24) is 0 Å².